The Bertz CT molecular complexity index is 655. The van der Waals surface area contributed by atoms with E-state index >= 15 is 0 Å². The maximum absolute atomic E-state index is 12.6. The number of rotatable bonds is 16. The van der Waals surface area contributed by atoms with Crippen LogP contribution in [-0.2, 0) is 19.2 Å². The van der Waals surface area contributed by atoms with Crippen LogP contribution in [0.4, 0.5) is 0 Å². The summed E-state index contributed by atoms with van der Waals surface area (Å²) < 4.78 is 0. The molecule has 0 aliphatic carbocycles. The van der Waals surface area contributed by atoms with Crippen LogP contribution in [-0.4, -0.2) is 83.7 Å². The first-order valence-corrected chi connectivity index (χ1v) is 10.3. The first-order chi connectivity index (χ1) is 15.0. The van der Waals surface area contributed by atoms with Gasteiger partial charge in [0, 0.05) is 6.54 Å². The monoisotopic (exact) mass is 460 g/mol. The molecule has 32 heavy (non-hydrogen) atoms. The smallest absolute Gasteiger partial charge is 0.326 e. The summed E-state index contributed by atoms with van der Waals surface area (Å²) in [5.74, 6) is -3.45. The van der Waals surface area contributed by atoms with Gasteiger partial charge in [-0.1, -0.05) is 0 Å². The number of nitrogens with one attached hydrogen (secondary N) is 3. The van der Waals surface area contributed by atoms with Crippen molar-refractivity contribution >= 4 is 29.7 Å². The molecule has 184 valence electrons. The fourth-order valence-electron chi connectivity index (χ4n) is 2.56. The summed E-state index contributed by atoms with van der Waals surface area (Å²) in [5, 5.41) is 25.5. The second-order valence-electron chi connectivity index (χ2n) is 7.21. The summed E-state index contributed by atoms with van der Waals surface area (Å²) in [6, 6.07) is -4.48. The highest BCUT2D eigenvalue weighted by atomic mass is 16.4. The Labute approximate surface area is 186 Å². The predicted molar refractivity (Wildman–Crippen MR) is 117 cm³/mol. The summed E-state index contributed by atoms with van der Waals surface area (Å²) in [4.78, 5) is 52.1. The van der Waals surface area contributed by atoms with E-state index in [2.05, 4.69) is 20.9 Å². The number of nitrogens with two attached hydrogens (primary N) is 4. The van der Waals surface area contributed by atoms with Gasteiger partial charge in [0.1, 0.15) is 24.2 Å². The molecule has 4 atom stereocenters. The summed E-state index contributed by atoms with van der Waals surface area (Å²) in [6.07, 6.45) is 1.78. The van der Waals surface area contributed by atoms with Crippen LogP contribution in [0.1, 0.15) is 39.0 Å². The molecule has 0 rings (SSSR count). The Morgan fingerprint density at radius 3 is 2.03 bits per heavy atom. The molecule has 14 heteroatoms. The van der Waals surface area contributed by atoms with Crippen molar-refractivity contribution in [2.75, 3.05) is 19.7 Å². The molecule has 4 unspecified atom stereocenters. The van der Waals surface area contributed by atoms with Gasteiger partial charge in [-0.05, 0) is 45.6 Å². The molecule has 0 aliphatic rings. The highest BCUT2D eigenvalue weighted by Gasteiger charge is 2.27. The minimum atomic E-state index is -1.24. The number of hydrogen-bond donors (Lipinski definition) is 9. The van der Waals surface area contributed by atoms with E-state index in [1.165, 1.54) is 6.92 Å². The van der Waals surface area contributed by atoms with Crippen LogP contribution < -0.4 is 38.9 Å². The molecule has 0 saturated carbocycles. The Morgan fingerprint density at radius 2 is 1.50 bits per heavy atom. The molecule has 0 aromatic heterocycles. The molecular formula is C18H36N8O6. The SMILES string of the molecule is CC(NC(=O)C(CCCCN)NC(=O)C(N)CO)C(=O)NC(CCCN=C(N)N)C(=O)O. The Morgan fingerprint density at radius 1 is 0.906 bits per heavy atom. The largest absolute Gasteiger partial charge is 0.480 e. The van der Waals surface area contributed by atoms with Crippen LogP contribution in [0, 0.1) is 0 Å². The van der Waals surface area contributed by atoms with Gasteiger partial charge in [0.2, 0.25) is 17.7 Å². The first-order valence-electron chi connectivity index (χ1n) is 10.3. The van der Waals surface area contributed by atoms with Gasteiger partial charge in [-0.25, -0.2) is 4.79 Å². The van der Waals surface area contributed by atoms with Crippen LogP contribution in [0.3, 0.4) is 0 Å². The van der Waals surface area contributed by atoms with Gasteiger partial charge in [0.25, 0.3) is 0 Å². The molecule has 0 fully saturated rings. The summed E-state index contributed by atoms with van der Waals surface area (Å²) in [5.41, 5.74) is 21.3. The fourth-order valence-corrected chi connectivity index (χ4v) is 2.56. The van der Waals surface area contributed by atoms with Gasteiger partial charge in [-0.3, -0.25) is 19.4 Å². The number of carboxylic acid groups (broad SMARTS) is 1. The lowest BCUT2D eigenvalue weighted by Gasteiger charge is -2.23. The van der Waals surface area contributed by atoms with Gasteiger partial charge < -0.3 is 49.1 Å². The van der Waals surface area contributed by atoms with Gasteiger partial charge in [-0.2, -0.15) is 0 Å². The average Bonchev–Trinajstić information content (AvgIpc) is 2.73. The molecule has 0 spiro atoms. The lowest BCUT2D eigenvalue weighted by Crippen LogP contribution is -2.56. The lowest BCUT2D eigenvalue weighted by molar-refractivity contribution is -0.142. The van der Waals surface area contributed by atoms with E-state index in [0.717, 1.165) is 0 Å². The van der Waals surface area contributed by atoms with Gasteiger partial charge >= 0.3 is 5.97 Å². The average molecular weight is 461 g/mol. The molecule has 14 nitrogen and oxygen atoms in total. The van der Waals surface area contributed by atoms with E-state index in [9.17, 15) is 24.3 Å². The number of carbonyl (C=O) groups excluding carboxylic acids is 3. The van der Waals surface area contributed by atoms with Crippen molar-refractivity contribution in [2.45, 2.75) is 63.2 Å². The number of unbranched alkanes of at least 4 members (excludes halogenated alkanes) is 1. The second kappa shape index (κ2) is 15.8. The Hall–Kier alpha value is -2.97. The van der Waals surface area contributed by atoms with Crippen molar-refractivity contribution < 1.29 is 29.4 Å². The molecule has 0 aliphatic heterocycles. The van der Waals surface area contributed by atoms with Gasteiger partial charge in [-0.15, -0.1) is 0 Å². The molecule has 0 radical (unpaired) electrons. The maximum Gasteiger partial charge on any atom is 0.326 e. The van der Waals surface area contributed by atoms with Crippen LogP contribution in [0.2, 0.25) is 0 Å². The van der Waals surface area contributed by atoms with E-state index in [-0.39, 0.29) is 25.3 Å². The van der Waals surface area contributed by atoms with Crippen LogP contribution in [0.15, 0.2) is 4.99 Å². The van der Waals surface area contributed by atoms with Gasteiger partial charge in [0.15, 0.2) is 5.96 Å². The topological polar surface area (TPSA) is 261 Å². The van der Waals surface area contributed by atoms with E-state index in [0.29, 0.717) is 25.8 Å². The van der Waals surface area contributed by atoms with E-state index in [1.807, 2.05) is 0 Å². The summed E-state index contributed by atoms with van der Waals surface area (Å²) in [7, 11) is 0. The zero-order valence-corrected chi connectivity index (χ0v) is 18.3. The predicted octanol–water partition coefficient (Wildman–Crippen LogP) is -3.95. The molecule has 0 aromatic carbocycles. The van der Waals surface area contributed by atoms with E-state index < -0.39 is 54.5 Å². The highest BCUT2D eigenvalue weighted by molar-refractivity contribution is 5.93. The lowest BCUT2D eigenvalue weighted by atomic mass is 10.1. The molecule has 3 amide bonds. The van der Waals surface area contributed by atoms with E-state index in [1.54, 1.807) is 0 Å². The highest BCUT2D eigenvalue weighted by Crippen LogP contribution is 2.03. The minimum Gasteiger partial charge on any atom is -0.480 e. The number of guanidine groups is 1. The van der Waals surface area contributed by atoms with Crippen molar-refractivity contribution in [2.24, 2.45) is 27.9 Å². The van der Waals surface area contributed by atoms with Crippen LogP contribution in [0.5, 0.6) is 0 Å². The molecular weight excluding hydrogens is 424 g/mol. The van der Waals surface area contributed by atoms with E-state index in [4.69, 9.17) is 28.0 Å². The van der Waals surface area contributed by atoms with Crippen molar-refractivity contribution in [1.29, 1.82) is 0 Å². The van der Waals surface area contributed by atoms with Gasteiger partial charge in [0.05, 0.1) is 6.61 Å². The van der Waals surface area contributed by atoms with Crippen molar-refractivity contribution in [3.05, 3.63) is 0 Å². The molecule has 0 heterocycles. The number of amides is 3. The van der Waals surface area contributed by atoms with Crippen LogP contribution >= 0.6 is 0 Å². The molecule has 0 aromatic rings. The first kappa shape index (κ1) is 29.0. The number of hydrogen-bond acceptors (Lipinski definition) is 8. The zero-order valence-electron chi connectivity index (χ0n) is 18.3. The third-order valence-electron chi connectivity index (χ3n) is 4.43. The number of aliphatic imine (C=N–C) groups is 1. The number of aliphatic hydroxyl groups excluding tert-OH is 1. The maximum atomic E-state index is 12.6. The molecule has 13 N–H and O–H groups in total. The second-order valence-corrected chi connectivity index (χ2v) is 7.21. The fraction of sp³-hybridized carbons (Fsp3) is 0.722. The quantitative estimate of drug-likeness (QED) is 0.0612. The number of aliphatic hydroxyl groups is 1. The van der Waals surface area contributed by atoms with Crippen molar-refractivity contribution in [3.63, 3.8) is 0 Å². The third-order valence-corrected chi connectivity index (χ3v) is 4.43. The normalized spacial score (nSPS) is 14.4. The minimum absolute atomic E-state index is 0.0787. The summed E-state index contributed by atoms with van der Waals surface area (Å²) >= 11 is 0. The molecule has 0 saturated heterocycles. The standard InChI is InChI=1S/C18H36N8O6/c1-10(14(28)26-13(17(31)32)6-4-8-23-18(21)22)24-16(30)12(5-2-3-7-19)25-15(29)11(20)9-27/h10-13,27H,2-9,19-20H2,1H3,(H,24,30)(H,25,29)(H,26,28)(H,31,32)(H4,21,22,23). The van der Waals surface area contributed by atoms with Crippen molar-refractivity contribution in [3.8, 4) is 0 Å². The Balaban J connectivity index is 4.95. The third kappa shape index (κ3) is 12.0. The number of carbonyl (C=O) groups is 4. The zero-order chi connectivity index (χ0) is 24.7. The Kier molecular flexibility index (Phi) is 14.3. The number of aliphatic carboxylic acids is 1. The molecule has 0 bridgehead atoms. The number of carboxylic acids is 1. The van der Waals surface area contributed by atoms with Crippen molar-refractivity contribution in [1.82, 2.24) is 16.0 Å². The number of nitrogens with zero attached hydrogens (tertiary/aromatic N) is 1. The summed E-state index contributed by atoms with van der Waals surface area (Å²) in [6.45, 7) is 1.39. The van der Waals surface area contributed by atoms with Crippen LogP contribution in [0.25, 0.3) is 0 Å².